The van der Waals surface area contributed by atoms with Crippen molar-refractivity contribution < 1.29 is 27.4 Å². The molecule has 1 saturated heterocycles. The van der Waals surface area contributed by atoms with Crippen molar-refractivity contribution in [2.45, 2.75) is 35.4 Å². The molecule has 3 heterocycles. The predicted octanol–water partition coefficient (Wildman–Crippen LogP) is 2.01. The summed E-state index contributed by atoms with van der Waals surface area (Å²) in [7, 11) is -3.72. The van der Waals surface area contributed by atoms with Crippen LogP contribution in [0.15, 0.2) is 39.9 Å². The molecule has 1 amide bonds. The van der Waals surface area contributed by atoms with Gasteiger partial charge in [0.25, 0.3) is 10.0 Å². The number of benzene rings is 1. The number of amides is 1. The molecule has 2 N–H and O–H groups in total. The Morgan fingerprint density at radius 2 is 1.97 bits per heavy atom. The molecule has 2 aliphatic heterocycles. The standard InChI is InChI=1S/C20H24N2O6S2/c1-14(22-30(24,25)18-3-2-10-29-18)19(23)21-12-20(6-8-26-9-7-20)15-4-5-16-17(11-15)28-13-27-16/h2-5,10-11,14,22H,6-9,12-13H2,1H3,(H,21,23). The summed E-state index contributed by atoms with van der Waals surface area (Å²) in [5.41, 5.74) is 0.725. The minimum Gasteiger partial charge on any atom is -0.454 e. The van der Waals surface area contributed by atoms with E-state index in [4.69, 9.17) is 14.2 Å². The SMILES string of the molecule is CC(NS(=O)(=O)c1cccs1)C(=O)NCC1(c2ccc3c(c2)OCO3)CCOCC1. The average molecular weight is 453 g/mol. The molecule has 0 spiro atoms. The lowest BCUT2D eigenvalue weighted by atomic mass is 9.74. The lowest BCUT2D eigenvalue weighted by Gasteiger charge is -2.38. The first kappa shape index (κ1) is 21.1. The Kier molecular flexibility index (Phi) is 6.01. The van der Waals surface area contributed by atoms with Crippen LogP contribution in [0.1, 0.15) is 25.3 Å². The third-order valence-corrected chi connectivity index (χ3v) is 8.46. The Morgan fingerprint density at radius 3 is 2.70 bits per heavy atom. The molecule has 0 bridgehead atoms. The summed E-state index contributed by atoms with van der Waals surface area (Å²) in [6.45, 7) is 3.29. The number of fused-ring (bicyclic) bond motifs is 1. The van der Waals surface area contributed by atoms with Crippen LogP contribution in [0, 0.1) is 0 Å². The maximum atomic E-state index is 12.7. The Labute approximate surface area is 179 Å². The molecule has 2 aliphatic rings. The van der Waals surface area contributed by atoms with Gasteiger partial charge in [-0.25, -0.2) is 8.42 Å². The summed E-state index contributed by atoms with van der Waals surface area (Å²) in [5.74, 6) is 1.03. The maximum absolute atomic E-state index is 12.7. The number of rotatable bonds is 7. The molecular formula is C20H24N2O6S2. The van der Waals surface area contributed by atoms with Gasteiger partial charge in [0, 0.05) is 25.2 Å². The monoisotopic (exact) mass is 452 g/mol. The van der Waals surface area contributed by atoms with Crippen molar-refractivity contribution in [2.24, 2.45) is 0 Å². The first-order valence-electron chi connectivity index (χ1n) is 9.71. The second kappa shape index (κ2) is 8.54. The van der Waals surface area contributed by atoms with Crippen LogP contribution in [0.3, 0.4) is 0 Å². The quantitative estimate of drug-likeness (QED) is 0.666. The van der Waals surface area contributed by atoms with Crippen LogP contribution in [-0.2, 0) is 25.0 Å². The van der Waals surface area contributed by atoms with Crippen molar-refractivity contribution >= 4 is 27.3 Å². The second-order valence-electron chi connectivity index (χ2n) is 7.45. The van der Waals surface area contributed by atoms with Crippen LogP contribution in [0.4, 0.5) is 0 Å². The minimum absolute atomic E-state index is 0.184. The Balaban J connectivity index is 1.46. The van der Waals surface area contributed by atoms with Gasteiger partial charge in [0.05, 0.1) is 6.04 Å². The Bertz CT molecular complexity index is 1000. The molecule has 10 heteroatoms. The van der Waals surface area contributed by atoms with E-state index >= 15 is 0 Å². The highest BCUT2D eigenvalue weighted by Crippen LogP contribution is 2.40. The lowest BCUT2D eigenvalue weighted by molar-refractivity contribution is -0.122. The molecule has 0 radical (unpaired) electrons. The number of ether oxygens (including phenoxy) is 3. The van der Waals surface area contributed by atoms with Gasteiger partial charge in [-0.15, -0.1) is 11.3 Å². The van der Waals surface area contributed by atoms with Crippen molar-refractivity contribution in [3.8, 4) is 11.5 Å². The second-order valence-corrected chi connectivity index (χ2v) is 10.3. The van der Waals surface area contributed by atoms with Gasteiger partial charge in [-0.2, -0.15) is 4.72 Å². The van der Waals surface area contributed by atoms with E-state index < -0.39 is 16.1 Å². The molecule has 4 rings (SSSR count). The predicted molar refractivity (Wildman–Crippen MR) is 111 cm³/mol. The van der Waals surface area contributed by atoms with E-state index in [0.717, 1.165) is 29.7 Å². The summed E-state index contributed by atoms with van der Waals surface area (Å²) in [4.78, 5) is 12.7. The fourth-order valence-corrected chi connectivity index (χ4v) is 5.94. The normalized spacial score (nSPS) is 18.7. The summed E-state index contributed by atoms with van der Waals surface area (Å²) in [6, 6.07) is 8.11. The zero-order chi connectivity index (χ0) is 21.2. The third kappa shape index (κ3) is 4.31. The van der Waals surface area contributed by atoms with Crippen molar-refractivity contribution in [1.82, 2.24) is 10.0 Å². The molecule has 8 nitrogen and oxygen atoms in total. The molecule has 0 aliphatic carbocycles. The van der Waals surface area contributed by atoms with Crippen molar-refractivity contribution in [3.05, 3.63) is 41.3 Å². The third-order valence-electron chi connectivity index (χ3n) is 5.52. The number of hydrogen-bond donors (Lipinski definition) is 2. The molecule has 1 atom stereocenters. The van der Waals surface area contributed by atoms with Crippen LogP contribution in [0.2, 0.25) is 0 Å². The summed E-state index contributed by atoms with van der Waals surface area (Å²) in [5, 5.41) is 4.62. The highest BCUT2D eigenvalue weighted by atomic mass is 32.2. The van der Waals surface area contributed by atoms with Gasteiger partial charge in [-0.1, -0.05) is 12.1 Å². The Hall–Kier alpha value is -2.14. The smallest absolute Gasteiger partial charge is 0.250 e. The highest BCUT2D eigenvalue weighted by Gasteiger charge is 2.36. The zero-order valence-corrected chi connectivity index (χ0v) is 18.2. The van der Waals surface area contributed by atoms with Gasteiger partial charge >= 0.3 is 0 Å². The van der Waals surface area contributed by atoms with E-state index in [9.17, 15) is 13.2 Å². The van der Waals surface area contributed by atoms with E-state index in [2.05, 4.69) is 10.0 Å². The topological polar surface area (TPSA) is 103 Å². The fraction of sp³-hybridized carbons (Fsp3) is 0.450. The van der Waals surface area contributed by atoms with Crippen LogP contribution in [0.5, 0.6) is 11.5 Å². The van der Waals surface area contributed by atoms with Crippen molar-refractivity contribution in [2.75, 3.05) is 26.6 Å². The van der Waals surface area contributed by atoms with E-state index in [1.54, 1.807) is 11.4 Å². The first-order chi connectivity index (χ1) is 14.4. The molecule has 1 aromatic carbocycles. The average Bonchev–Trinajstić information content (AvgIpc) is 3.44. The van der Waals surface area contributed by atoms with Crippen LogP contribution < -0.4 is 19.5 Å². The maximum Gasteiger partial charge on any atom is 0.250 e. The molecular weight excluding hydrogens is 428 g/mol. The molecule has 1 aromatic heterocycles. The zero-order valence-electron chi connectivity index (χ0n) is 16.6. The molecule has 2 aromatic rings. The summed E-state index contributed by atoms with van der Waals surface area (Å²) >= 11 is 1.11. The fourth-order valence-electron chi connectivity index (χ4n) is 3.73. The van der Waals surface area contributed by atoms with Gasteiger partial charge in [0.1, 0.15) is 4.21 Å². The summed E-state index contributed by atoms with van der Waals surface area (Å²) in [6.07, 6.45) is 1.48. The van der Waals surface area contributed by atoms with Crippen LogP contribution in [-0.4, -0.2) is 46.9 Å². The first-order valence-corrected chi connectivity index (χ1v) is 12.1. The number of sulfonamides is 1. The molecule has 1 fully saturated rings. The minimum atomic E-state index is -3.72. The molecule has 0 saturated carbocycles. The van der Waals surface area contributed by atoms with E-state index in [-0.39, 0.29) is 22.3 Å². The van der Waals surface area contributed by atoms with Crippen molar-refractivity contribution in [1.29, 1.82) is 0 Å². The van der Waals surface area contributed by atoms with Crippen LogP contribution in [0.25, 0.3) is 0 Å². The van der Waals surface area contributed by atoms with Gasteiger partial charge in [-0.3, -0.25) is 4.79 Å². The van der Waals surface area contributed by atoms with Gasteiger partial charge in [-0.05, 0) is 48.9 Å². The van der Waals surface area contributed by atoms with E-state index in [1.807, 2.05) is 18.2 Å². The van der Waals surface area contributed by atoms with Gasteiger partial charge < -0.3 is 19.5 Å². The summed E-state index contributed by atoms with van der Waals surface area (Å²) < 4.78 is 43.8. The number of carbonyl (C=O) groups excluding carboxylic acids is 1. The molecule has 30 heavy (non-hydrogen) atoms. The highest BCUT2D eigenvalue weighted by molar-refractivity contribution is 7.91. The van der Waals surface area contributed by atoms with Gasteiger partial charge in [0.15, 0.2) is 11.5 Å². The lowest BCUT2D eigenvalue weighted by Crippen LogP contribution is -2.50. The number of thiophene rings is 1. The molecule has 162 valence electrons. The van der Waals surface area contributed by atoms with E-state index in [0.29, 0.717) is 31.3 Å². The largest absolute Gasteiger partial charge is 0.454 e. The Morgan fingerprint density at radius 1 is 1.20 bits per heavy atom. The molecule has 1 unspecified atom stereocenters. The van der Waals surface area contributed by atoms with Crippen LogP contribution >= 0.6 is 11.3 Å². The van der Waals surface area contributed by atoms with E-state index in [1.165, 1.54) is 13.0 Å². The number of carbonyl (C=O) groups is 1. The van der Waals surface area contributed by atoms with Gasteiger partial charge in [0.2, 0.25) is 12.7 Å². The number of nitrogens with one attached hydrogen (secondary N) is 2. The number of hydrogen-bond acceptors (Lipinski definition) is 7. The van der Waals surface area contributed by atoms with Crippen molar-refractivity contribution in [3.63, 3.8) is 0 Å².